The zero-order chi connectivity index (χ0) is 18.0. The molecule has 2 aromatic rings. The molecule has 0 aromatic carbocycles. The highest BCUT2D eigenvalue weighted by atomic mass is 127. The van der Waals surface area contributed by atoms with E-state index in [0.717, 1.165) is 29.6 Å². The Morgan fingerprint density at radius 3 is 2.92 bits per heavy atom. The first-order valence-electron chi connectivity index (χ1n) is 8.45. The van der Waals surface area contributed by atoms with Gasteiger partial charge in [-0.3, -0.25) is 14.2 Å². The highest BCUT2D eigenvalue weighted by Crippen LogP contribution is 2.21. The average molecular weight is 491 g/mol. The summed E-state index contributed by atoms with van der Waals surface area (Å²) in [5.41, 5.74) is 0.522. The van der Waals surface area contributed by atoms with Gasteiger partial charge >= 0.3 is 5.97 Å². The molecule has 26 heavy (non-hydrogen) atoms. The van der Waals surface area contributed by atoms with Crippen LogP contribution in [0.3, 0.4) is 0 Å². The smallest absolute Gasteiger partial charge is 0.311 e. The third-order valence-electron chi connectivity index (χ3n) is 4.01. The lowest BCUT2D eigenvalue weighted by molar-refractivity contribution is -0.159. The first-order valence-corrected chi connectivity index (χ1v) is 9.33. The number of hydrogen-bond donors (Lipinski definition) is 1. The molecule has 7 nitrogen and oxygen atoms in total. The molecule has 1 aliphatic rings. The minimum Gasteiger partial charge on any atom is -0.460 e. The summed E-state index contributed by atoms with van der Waals surface area (Å²) in [6.45, 7) is 7.72. The molecule has 1 atom stereocenters. The summed E-state index contributed by atoms with van der Waals surface area (Å²) in [6, 6.07) is 0. The number of thiazole rings is 1. The molecule has 0 saturated carbocycles. The largest absolute Gasteiger partial charge is 0.460 e. The highest BCUT2D eigenvalue weighted by molar-refractivity contribution is 14.0. The average Bonchev–Trinajstić information content (AvgIpc) is 3.21. The maximum atomic E-state index is 12.2. The van der Waals surface area contributed by atoms with Gasteiger partial charge in [-0.1, -0.05) is 0 Å². The van der Waals surface area contributed by atoms with Gasteiger partial charge in [-0.05, 0) is 27.2 Å². The second-order valence-corrected chi connectivity index (χ2v) is 8.06. The molecule has 1 N–H and O–H groups in total. The Balaban J connectivity index is 0.00000243. The summed E-state index contributed by atoms with van der Waals surface area (Å²) in [5.74, 6) is 0.568. The molecular formula is C17H26IN5O2S. The number of aromatic nitrogens is 2. The van der Waals surface area contributed by atoms with Gasteiger partial charge < -0.3 is 15.0 Å². The highest BCUT2D eigenvalue weighted by Gasteiger charge is 2.33. The Bertz CT molecular complexity index is 751. The molecule has 0 amide bonds. The maximum Gasteiger partial charge on any atom is 0.311 e. The summed E-state index contributed by atoms with van der Waals surface area (Å²) >= 11 is 1.61. The van der Waals surface area contributed by atoms with Crippen molar-refractivity contribution in [3.8, 4) is 0 Å². The van der Waals surface area contributed by atoms with Crippen molar-refractivity contribution >= 4 is 52.2 Å². The van der Waals surface area contributed by atoms with Crippen LogP contribution in [0.1, 0.15) is 32.9 Å². The van der Waals surface area contributed by atoms with Crippen LogP contribution in [0.15, 0.2) is 22.8 Å². The number of likely N-dealkylation sites (tertiary alicyclic amines) is 1. The van der Waals surface area contributed by atoms with Crippen molar-refractivity contribution in [1.29, 1.82) is 0 Å². The predicted molar refractivity (Wildman–Crippen MR) is 114 cm³/mol. The van der Waals surface area contributed by atoms with Gasteiger partial charge in [0, 0.05) is 37.9 Å². The number of esters is 1. The molecule has 1 unspecified atom stereocenters. The molecule has 144 valence electrons. The SMILES string of the molecule is CN=C(NCc1cn2ccsc2n1)N1CCC(C(=O)OC(C)(C)C)C1.I. The normalized spacial score (nSPS) is 18.1. The molecule has 9 heteroatoms. The van der Waals surface area contributed by atoms with Crippen LogP contribution in [0.2, 0.25) is 0 Å². The number of nitrogens with one attached hydrogen (secondary N) is 1. The number of ether oxygens (including phenoxy) is 1. The monoisotopic (exact) mass is 491 g/mol. The summed E-state index contributed by atoms with van der Waals surface area (Å²) in [4.78, 5) is 24.2. The Morgan fingerprint density at radius 2 is 2.27 bits per heavy atom. The van der Waals surface area contributed by atoms with Crippen molar-refractivity contribution in [3.05, 3.63) is 23.5 Å². The molecule has 3 rings (SSSR count). The zero-order valence-electron chi connectivity index (χ0n) is 15.6. The summed E-state index contributed by atoms with van der Waals surface area (Å²) in [6.07, 6.45) is 4.80. The van der Waals surface area contributed by atoms with Crippen LogP contribution in [0, 0.1) is 5.92 Å². The summed E-state index contributed by atoms with van der Waals surface area (Å²) in [5, 5.41) is 5.35. The van der Waals surface area contributed by atoms with Crippen LogP contribution in [-0.2, 0) is 16.1 Å². The zero-order valence-corrected chi connectivity index (χ0v) is 18.7. The van der Waals surface area contributed by atoms with E-state index in [1.807, 2.05) is 42.9 Å². The van der Waals surface area contributed by atoms with E-state index in [1.54, 1.807) is 18.4 Å². The molecule has 0 spiro atoms. The molecule has 2 aromatic heterocycles. The minimum atomic E-state index is -0.446. The molecule has 0 radical (unpaired) electrons. The van der Waals surface area contributed by atoms with Crippen molar-refractivity contribution in [1.82, 2.24) is 19.6 Å². The second-order valence-electron chi connectivity index (χ2n) is 7.19. The fourth-order valence-electron chi connectivity index (χ4n) is 2.89. The number of carbonyl (C=O) groups excluding carboxylic acids is 1. The lowest BCUT2D eigenvalue weighted by Gasteiger charge is -2.23. The van der Waals surface area contributed by atoms with E-state index in [2.05, 4.69) is 20.2 Å². The number of aliphatic imine (C=N–C) groups is 1. The van der Waals surface area contributed by atoms with Crippen molar-refractivity contribution in [2.24, 2.45) is 10.9 Å². The van der Waals surface area contributed by atoms with E-state index >= 15 is 0 Å². The molecule has 3 heterocycles. The molecule has 1 saturated heterocycles. The molecule has 0 bridgehead atoms. The Labute approximate surface area is 174 Å². The summed E-state index contributed by atoms with van der Waals surface area (Å²) in [7, 11) is 1.76. The van der Waals surface area contributed by atoms with Crippen molar-refractivity contribution < 1.29 is 9.53 Å². The van der Waals surface area contributed by atoms with Crippen LogP contribution in [-0.4, -0.2) is 52.0 Å². The number of halogens is 1. The van der Waals surface area contributed by atoms with Gasteiger partial charge in [0.05, 0.1) is 18.2 Å². The molecule has 1 aliphatic heterocycles. The Kier molecular flexibility index (Phi) is 6.89. The van der Waals surface area contributed by atoms with E-state index in [0.29, 0.717) is 13.1 Å². The molecule has 0 aliphatic carbocycles. The van der Waals surface area contributed by atoms with E-state index in [4.69, 9.17) is 4.74 Å². The number of hydrogen-bond acceptors (Lipinski definition) is 5. The standard InChI is InChI=1S/C17H25N5O2S.HI/c1-17(2,3)24-14(23)12-5-6-21(10-12)15(18-4)19-9-13-11-22-7-8-25-16(22)20-13;/h7-8,11-12H,5-6,9-10H2,1-4H3,(H,18,19);1H. The van der Waals surface area contributed by atoms with Crippen LogP contribution >= 0.6 is 35.3 Å². The number of fused-ring (bicyclic) bond motifs is 1. The third-order valence-corrected chi connectivity index (χ3v) is 4.78. The van der Waals surface area contributed by atoms with Gasteiger partial charge in [-0.15, -0.1) is 35.3 Å². The van der Waals surface area contributed by atoms with Crippen molar-refractivity contribution in [3.63, 3.8) is 0 Å². The Hall–Kier alpha value is -1.36. The first-order chi connectivity index (χ1) is 11.9. The van der Waals surface area contributed by atoms with Crippen LogP contribution in [0.5, 0.6) is 0 Å². The van der Waals surface area contributed by atoms with Crippen molar-refractivity contribution in [2.75, 3.05) is 20.1 Å². The topological polar surface area (TPSA) is 71.2 Å². The quantitative estimate of drug-likeness (QED) is 0.310. The van der Waals surface area contributed by atoms with Crippen LogP contribution < -0.4 is 5.32 Å². The van der Waals surface area contributed by atoms with Crippen LogP contribution in [0.25, 0.3) is 4.96 Å². The van der Waals surface area contributed by atoms with Crippen molar-refractivity contribution in [2.45, 2.75) is 39.3 Å². The Morgan fingerprint density at radius 1 is 1.50 bits per heavy atom. The number of guanidine groups is 1. The van der Waals surface area contributed by atoms with E-state index < -0.39 is 5.60 Å². The number of rotatable bonds is 3. The van der Waals surface area contributed by atoms with Gasteiger partial charge in [-0.2, -0.15) is 0 Å². The maximum absolute atomic E-state index is 12.2. The van der Waals surface area contributed by atoms with Gasteiger partial charge in [0.2, 0.25) is 0 Å². The number of carbonyl (C=O) groups is 1. The number of nitrogens with zero attached hydrogens (tertiary/aromatic N) is 4. The fourth-order valence-corrected chi connectivity index (χ4v) is 3.61. The second kappa shape index (κ2) is 8.55. The van der Waals surface area contributed by atoms with E-state index in [1.165, 1.54) is 0 Å². The fraction of sp³-hybridized carbons (Fsp3) is 0.588. The summed E-state index contributed by atoms with van der Waals surface area (Å²) < 4.78 is 7.51. The van der Waals surface area contributed by atoms with E-state index in [9.17, 15) is 4.79 Å². The third kappa shape index (κ3) is 5.09. The van der Waals surface area contributed by atoms with Gasteiger partial charge in [-0.25, -0.2) is 4.98 Å². The lowest BCUT2D eigenvalue weighted by Crippen LogP contribution is -2.40. The van der Waals surface area contributed by atoms with Gasteiger partial charge in [0.25, 0.3) is 0 Å². The molecule has 1 fully saturated rings. The van der Waals surface area contributed by atoms with Crippen LogP contribution in [0.4, 0.5) is 0 Å². The lowest BCUT2D eigenvalue weighted by atomic mass is 10.1. The van der Waals surface area contributed by atoms with E-state index in [-0.39, 0.29) is 35.9 Å². The predicted octanol–water partition coefficient (Wildman–Crippen LogP) is 2.75. The minimum absolute atomic E-state index is 0. The number of imidazole rings is 1. The first kappa shape index (κ1) is 20.9. The van der Waals surface area contributed by atoms with Gasteiger partial charge in [0.1, 0.15) is 5.60 Å². The van der Waals surface area contributed by atoms with Gasteiger partial charge in [0.15, 0.2) is 10.9 Å². The molecular weight excluding hydrogens is 465 g/mol.